The van der Waals surface area contributed by atoms with E-state index in [9.17, 15) is 19.5 Å². The number of nitrogens with zero attached hydrogens (tertiary/aromatic N) is 2. The number of alkyl carbamates (subject to hydrolysis) is 1. The van der Waals surface area contributed by atoms with Gasteiger partial charge in [-0.1, -0.05) is 57.2 Å². The van der Waals surface area contributed by atoms with E-state index in [-0.39, 0.29) is 13.0 Å². The molecule has 2 aromatic rings. The van der Waals surface area contributed by atoms with Crippen LogP contribution < -0.4 is 10.1 Å². The monoisotopic (exact) mass is 497 g/mol. The van der Waals surface area contributed by atoms with Gasteiger partial charge in [0.2, 0.25) is 11.8 Å². The number of carboxylic acid groups (broad SMARTS) is 1. The molecule has 0 radical (unpaired) electrons. The Morgan fingerprint density at radius 3 is 2.28 bits per heavy atom. The van der Waals surface area contributed by atoms with Gasteiger partial charge in [0.25, 0.3) is 0 Å². The Labute approximate surface area is 211 Å². The van der Waals surface area contributed by atoms with Gasteiger partial charge in [-0.25, -0.2) is 14.6 Å². The van der Waals surface area contributed by atoms with Crippen LogP contribution in [0.5, 0.6) is 5.88 Å². The predicted octanol–water partition coefficient (Wildman–Crippen LogP) is 4.12. The van der Waals surface area contributed by atoms with Gasteiger partial charge in [0, 0.05) is 18.1 Å². The molecule has 9 heteroatoms. The highest BCUT2D eigenvalue weighted by molar-refractivity contribution is 5.90. The number of hydrogen-bond acceptors (Lipinski definition) is 6. The summed E-state index contributed by atoms with van der Waals surface area (Å²) in [6.07, 6.45) is -1.21. The quantitative estimate of drug-likeness (QED) is 0.616. The fourth-order valence-corrected chi connectivity index (χ4v) is 4.02. The summed E-state index contributed by atoms with van der Waals surface area (Å²) < 4.78 is 11.4. The number of aromatic nitrogens is 1. The maximum absolute atomic E-state index is 13.6. The van der Waals surface area contributed by atoms with Gasteiger partial charge in [-0.2, -0.15) is 0 Å². The molecule has 0 bridgehead atoms. The molecule has 2 N–H and O–H groups in total. The number of nitrogens with one attached hydrogen (secondary N) is 1. The molecule has 3 unspecified atom stereocenters. The lowest BCUT2D eigenvalue weighted by atomic mass is 9.85. The minimum Gasteiger partial charge on any atom is -0.480 e. The molecule has 2 heterocycles. The molecule has 1 saturated heterocycles. The van der Waals surface area contributed by atoms with E-state index in [1.165, 1.54) is 4.90 Å². The molecular formula is C27H35N3O6. The van der Waals surface area contributed by atoms with E-state index in [1.54, 1.807) is 47.6 Å². The second-order valence-electron chi connectivity index (χ2n) is 11.0. The highest BCUT2D eigenvalue weighted by Crippen LogP contribution is 2.29. The van der Waals surface area contributed by atoms with Crippen LogP contribution in [0, 0.1) is 5.41 Å². The van der Waals surface area contributed by atoms with Crippen molar-refractivity contribution in [2.24, 2.45) is 5.41 Å². The molecule has 2 amide bonds. The molecule has 0 aliphatic carbocycles. The van der Waals surface area contributed by atoms with Crippen molar-refractivity contribution in [3.8, 4) is 17.1 Å². The zero-order chi connectivity index (χ0) is 26.7. The molecule has 9 nitrogen and oxygen atoms in total. The number of amides is 2. The van der Waals surface area contributed by atoms with E-state index in [4.69, 9.17) is 9.47 Å². The number of aliphatic carboxylic acids is 1. The summed E-state index contributed by atoms with van der Waals surface area (Å²) in [5, 5.41) is 12.5. The summed E-state index contributed by atoms with van der Waals surface area (Å²) in [6.45, 7) is 10.6. The van der Waals surface area contributed by atoms with Crippen molar-refractivity contribution in [3.63, 3.8) is 0 Å². The van der Waals surface area contributed by atoms with Crippen LogP contribution in [0.2, 0.25) is 0 Å². The Morgan fingerprint density at radius 1 is 1.03 bits per heavy atom. The zero-order valence-corrected chi connectivity index (χ0v) is 21.6. The van der Waals surface area contributed by atoms with Gasteiger partial charge in [-0.3, -0.25) is 4.79 Å². The van der Waals surface area contributed by atoms with Crippen LogP contribution in [-0.4, -0.2) is 63.3 Å². The van der Waals surface area contributed by atoms with Crippen molar-refractivity contribution >= 4 is 18.0 Å². The first kappa shape index (κ1) is 27.0. The maximum atomic E-state index is 13.6. The average Bonchev–Trinajstić information content (AvgIpc) is 3.20. The number of carbonyl (C=O) groups excluding carboxylic acids is 2. The highest BCUT2D eigenvalue weighted by Gasteiger charge is 2.46. The van der Waals surface area contributed by atoms with Crippen LogP contribution in [0.15, 0.2) is 48.5 Å². The number of carbonyl (C=O) groups is 3. The van der Waals surface area contributed by atoms with Crippen molar-refractivity contribution < 1.29 is 29.0 Å². The fraction of sp³-hybridized carbons (Fsp3) is 0.481. The normalized spacial score (nSPS) is 18.9. The van der Waals surface area contributed by atoms with Gasteiger partial charge in [-0.15, -0.1) is 0 Å². The van der Waals surface area contributed by atoms with Gasteiger partial charge < -0.3 is 24.8 Å². The summed E-state index contributed by atoms with van der Waals surface area (Å²) in [4.78, 5) is 43.9. The topological polar surface area (TPSA) is 118 Å². The van der Waals surface area contributed by atoms with E-state index < -0.39 is 47.2 Å². The smallest absolute Gasteiger partial charge is 0.408 e. The molecule has 1 fully saturated rings. The molecule has 1 aliphatic rings. The molecule has 1 aromatic heterocycles. The maximum Gasteiger partial charge on any atom is 0.408 e. The third kappa shape index (κ3) is 6.96. The third-order valence-corrected chi connectivity index (χ3v) is 5.69. The fourth-order valence-electron chi connectivity index (χ4n) is 4.02. The Hall–Kier alpha value is -3.62. The Bertz CT molecular complexity index is 1090. The molecule has 3 rings (SSSR count). The number of ether oxygens (including phenoxy) is 2. The molecule has 0 saturated carbocycles. The summed E-state index contributed by atoms with van der Waals surface area (Å²) in [5.41, 5.74) is 0.216. The second-order valence-corrected chi connectivity index (χ2v) is 11.0. The van der Waals surface area contributed by atoms with Crippen LogP contribution in [0.25, 0.3) is 11.3 Å². The molecule has 3 atom stereocenters. The number of hydrogen-bond donors (Lipinski definition) is 2. The molecule has 1 aromatic carbocycles. The minimum atomic E-state index is -1.13. The van der Waals surface area contributed by atoms with Crippen LogP contribution >= 0.6 is 0 Å². The van der Waals surface area contributed by atoms with Gasteiger partial charge in [0.15, 0.2) is 0 Å². The molecule has 0 spiro atoms. The van der Waals surface area contributed by atoms with Crippen LogP contribution in [0.1, 0.15) is 48.0 Å². The lowest BCUT2D eigenvalue weighted by molar-refractivity contribution is -0.150. The summed E-state index contributed by atoms with van der Waals surface area (Å²) in [7, 11) is 0. The highest BCUT2D eigenvalue weighted by atomic mass is 16.6. The largest absolute Gasteiger partial charge is 0.480 e. The van der Waals surface area contributed by atoms with E-state index in [0.29, 0.717) is 5.88 Å². The van der Waals surface area contributed by atoms with Gasteiger partial charge in [0.1, 0.15) is 23.8 Å². The van der Waals surface area contributed by atoms with Crippen LogP contribution in [0.3, 0.4) is 0 Å². The number of carboxylic acids is 1. The summed E-state index contributed by atoms with van der Waals surface area (Å²) in [6, 6.07) is 12.9. The van der Waals surface area contributed by atoms with E-state index in [1.807, 2.05) is 42.5 Å². The number of pyridine rings is 1. The Balaban J connectivity index is 1.78. The second kappa shape index (κ2) is 10.6. The first-order valence-corrected chi connectivity index (χ1v) is 12.0. The van der Waals surface area contributed by atoms with Crippen LogP contribution in [-0.2, 0) is 14.3 Å². The summed E-state index contributed by atoms with van der Waals surface area (Å²) >= 11 is 0. The van der Waals surface area contributed by atoms with E-state index >= 15 is 0 Å². The minimum absolute atomic E-state index is 0.0512. The van der Waals surface area contributed by atoms with Crippen molar-refractivity contribution in [2.45, 2.75) is 71.8 Å². The zero-order valence-electron chi connectivity index (χ0n) is 21.6. The standard InChI is InChI=1S/C27H35N3O6/c1-26(2,3)22(29-25(34)36-27(4,5)6)23(31)30-16-18(15-20(30)24(32)33)35-21-14-10-13-19(28-21)17-11-8-7-9-12-17/h7-14,18,20,22H,15-16H2,1-6H3,(H,29,34)(H,32,33). The predicted molar refractivity (Wildman–Crippen MR) is 134 cm³/mol. The molecule has 194 valence electrons. The van der Waals surface area contributed by atoms with Crippen molar-refractivity contribution in [1.29, 1.82) is 0 Å². The number of benzene rings is 1. The third-order valence-electron chi connectivity index (χ3n) is 5.69. The van der Waals surface area contributed by atoms with Gasteiger partial charge >= 0.3 is 12.1 Å². The first-order chi connectivity index (χ1) is 16.7. The van der Waals surface area contributed by atoms with E-state index in [0.717, 1.165) is 11.3 Å². The number of likely N-dealkylation sites (tertiary alicyclic amines) is 1. The van der Waals surface area contributed by atoms with Crippen molar-refractivity contribution in [2.75, 3.05) is 6.54 Å². The lowest BCUT2D eigenvalue weighted by Crippen LogP contribution is -2.57. The average molecular weight is 498 g/mol. The van der Waals surface area contributed by atoms with Crippen LogP contribution in [0.4, 0.5) is 4.79 Å². The molecule has 36 heavy (non-hydrogen) atoms. The molecular weight excluding hydrogens is 462 g/mol. The molecule has 1 aliphatic heterocycles. The number of rotatable bonds is 6. The SMILES string of the molecule is CC(C)(C)OC(=O)NC(C(=O)N1CC(Oc2cccc(-c3ccccc3)n2)CC1C(=O)O)C(C)(C)C. The van der Waals surface area contributed by atoms with E-state index in [2.05, 4.69) is 10.3 Å². The van der Waals surface area contributed by atoms with Gasteiger partial charge in [0.05, 0.1) is 12.2 Å². The van der Waals surface area contributed by atoms with Crippen molar-refractivity contribution in [1.82, 2.24) is 15.2 Å². The lowest BCUT2D eigenvalue weighted by Gasteiger charge is -2.35. The van der Waals surface area contributed by atoms with Crippen molar-refractivity contribution in [3.05, 3.63) is 48.5 Å². The summed E-state index contributed by atoms with van der Waals surface area (Å²) in [5.74, 6) is -1.29. The Morgan fingerprint density at radius 2 is 1.69 bits per heavy atom. The van der Waals surface area contributed by atoms with Gasteiger partial charge in [-0.05, 0) is 32.3 Å². The first-order valence-electron chi connectivity index (χ1n) is 12.0. The Kier molecular flexibility index (Phi) is 7.91.